The minimum absolute atomic E-state index is 0.177. The summed E-state index contributed by atoms with van der Waals surface area (Å²) in [5.41, 5.74) is 1.43. The lowest BCUT2D eigenvalue weighted by molar-refractivity contribution is -0.131. The van der Waals surface area contributed by atoms with Gasteiger partial charge in [-0.1, -0.05) is 12.1 Å². The number of nitrogens with one attached hydrogen (secondary N) is 1. The highest BCUT2D eigenvalue weighted by Gasteiger charge is 2.24. The summed E-state index contributed by atoms with van der Waals surface area (Å²) in [5.74, 6) is 1.82. The number of carbonyl (C=O) groups excluding carboxylic acids is 1. The monoisotopic (exact) mass is 345 g/mol. The van der Waals surface area contributed by atoms with Gasteiger partial charge in [0.1, 0.15) is 12.4 Å². The van der Waals surface area contributed by atoms with Crippen LogP contribution in [0, 0.1) is 0 Å². The molecule has 0 aliphatic carbocycles. The summed E-state index contributed by atoms with van der Waals surface area (Å²) >= 11 is 0. The van der Waals surface area contributed by atoms with E-state index >= 15 is 0 Å². The summed E-state index contributed by atoms with van der Waals surface area (Å²) in [6.45, 7) is 10.3. The number of hydrogen-bond acceptors (Lipinski definition) is 4. The van der Waals surface area contributed by atoms with Crippen LogP contribution in [0.3, 0.4) is 0 Å². The van der Waals surface area contributed by atoms with E-state index in [1.165, 1.54) is 18.4 Å². The summed E-state index contributed by atoms with van der Waals surface area (Å²) in [4.78, 5) is 15.8. The Morgan fingerprint density at radius 2 is 1.92 bits per heavy atom. The number of carbonyl (C=O) groups is 1. The molecule has 2 aliphatic rings. The highest BCUT2D eigenvalue weighted by Crippen LogP contribution is 2.26. The first-order chi connectivity index (χ1) is 12.1. The van der Waals surface area contributed by atoms with E-state index in [0.717, 1.165) is 45.0 Å². The third kappa shape index (κ3) is 4.95. The van der Waals surface area contributed by atoms with E-state index in [1.54, 1.807) is 6.92 Å². The lowest BCUT2D eigenvalue weighted by Crippen LogP contribution is -2.53. The topological polar surface area (TPSA) is 44.8 Å². The van der Waals surface area contributed by atoms with Crippen molar-refractivity contribution in [2.24, 2.45) is 0 Å². The zero-order valence-electron chi connectivity index (χ0n) is 15.5. The predicted octanol–water partition coefficient (Wildman–Crippen LogP) is 2.08. The van der Waals surface area contributed by atoms with Crippen LogP contribution in [0.1, 0.15) is 38.2 Å². The van der Waals surface area contributed by atoms with Crippen molar-refractivity contribution in [2.75, 3.05) is 45.9 Å². The Morgan fingerprint density at radius 1 is 1.20 bits per heavy atom. The molecule has 138 valence electrons. The normalized spacial score (nSPS) is 22.8. The fourth-order valence-corrected chi connectivity index (χ4v) is 3.89. The molecule has 0 aromatic heterocycles. The molecule has 1 amide bonds. The molecule has 0 spiro atoms. The number of ether oxygens (including phenoxy) is 1. The molecule has 0 saturated carbocycles. The molecule has 2 heterocycles. The Balaban J connectivity index is 1.42. The zero-order valence-corrected chi connectivity index (χ0v) is 15.5. The van der Waals surface area contributed by atoms with Crippen molar-refractivity contribution >= 4 is 5.91 Å². The van der Waals surface area contributed by atoms with Gasteiger partial charge in [-0.2, -0.15) is 0 Å². The molecule has 1 atom stereocenters. The molecule has 2 fully saturated rings. The summed E-state index contributed by atoms with van der Waals surface area (Å²) in [7, 11) is 0. The van der Waals surface area contributed by atoms with Crippen molar-refractivity contribution in [3.8, 4) is 5.75 Å². The predicted molar refractivity (Wildman–Crippen MR) is 100 cm³/mol. The maximum Gasteiger partial charge on any atom is 0.219 e. The first-order valence-corrected chi connectivity index (χ1v) is 9.56. The summed E-state index contributed by atoms with van der Waals surface area (Å²) < 4.78 is 5.94. The van der Waals surface area contributed by atoms with E-state index in [9.17, 15) is 4.79 Å². The first-order valence-electron chi connectivity index (χ1n) is 9.56. The van der Waals surface area contributed by atoms with Crippen LogP contribution in [0.5, 0.6) is 5.75 Å². The van der Waals surface area contributed by atoms with E-state index in [1.807, 2.05) is 4.90 Å². The molecule has 1 aromatic carbocycles. The molecule has 0 unspecified atom stereocenters. The van der Waals surface area contributed by atoms with Gasteiger partial charge in [0.05, 0.1) is 0 Å². The number of hydrogen-bond donors (Lipinski definition) is 1. The zero-order chi connectivity index (χ0) is 17.6. The van der Waals surface area contributed by atoms with Gasteiger partial charge >= 0.3 is 0 Å². The molecule has 0 bridgehead atoms. The fraction of sp³-hybridized carbons (Fsp3) is 0.650. The summed E-state index contributed by atoms with van der Waals surface area (Å²) in [5, 5.41) is 3.42. The number of nitrogens with zero attached hydrogens (tertiary/aromatic N) is 2. The number of amides is 1. The van der Waals surface area contributed by atoms with Crippen molar-refractivity contribution in [2.45, 2.75) is 38.6 Å². The molecule has 5 nitrogen and oxygen atoms in total. The number of benzene rings is 1. The standard InChI is InChI=1S/C20H31N3O2/c1-16-15-23(17(2)24)12-11-22(16)13-14-25-20-5-3-18(4-6-20)19-7-9-21-10-8-19/h3-6,16,19,21H,7-15H2,1-2H3/t16-/m1/s1. The van der Waals surface area contributed by atoms with E-state index in [2.05, 4.69) is 41.4 Å². The molecule has 3 rings (SSSR count). The van der Waals surface area contributed by atoms with Crippen LogP contribution in [-0.2, 0) is 4.79 Å². The van der Waals surface area contributed by atoms with Crippen LogP contribution < -0.4 is 10.1 Å². The fourth-order valence-electron chi connectivity index (χ4n) is 3.89. The molecule has 0 radical (unpaired) electrons. The van der Waals surface area contributed by atoms with Crippen LogP contribution in [0.2, 0.25) is 0 Å². The maximum atomic E-state index is 11.5. The molecule has 1 N–H and O–H groups in total. The largest absolute Gasteiger partial charge is 0.492 e. The minimum Gasteiger partial charge on any atom is -0.492 e. The van der Waals surface area contributed by atoms with Crippen molar-refractivity contribution in [3.63, 3.8) is 0 Å². The van der Waals surface area contributed by atoms with Gasteiger partial charge in [0.2, 0.25) is 5.91 Å². The molecule has 2 saturated heterocycles. The molecule has 2 aliphatic heterocycles. The summed E-state index contributed by atoms with van der Waals surface area (Å²) in [6, 6.07) is 9.05. The van der Waals surface area contributed by atoms with Crippen LogP contribution in [0.25, 0.3) is 0 Å². The van der Waals surface area contributed by atoms with Gasteiger partial charge in [0.25, 0.3) is 0 Å². The van der Waals surface area contributed by atoms with Crippen LogP contribution in [0.15, 0.2) is 24.3 Å². The Labute approximate surface area is 151 Å². The SMILES string of the molecule is CC(=O)N1CCN(CCOc2ccc(C3CCNCC3)cc2)[C@H](C)C1. The highest BCUT2D eigenvalue weighted by atomic mass is 16.5. The second-order valence-electron chi connectivity index (χ2n) is 7.29. The van der Waals surface area contributed by atoms with Gasteiger partial charge in [0.15, 0.2) is 0 Å². The van der Waals surface area contributed by atoms with E-state index in [4.69, 9.17) is 4.74 Å². The van der Waals surface area contributed by atoms with Crippen LogP contribution >= 0.6 is 0 Å². The Bertz CT molecular complexity index is 555. The van der Waals surface area contributed by atoms with E-state index in [0.29, 0.717) is 18.6 Å². The highest BCUT2D eigenvalue weighted by molar-refractivity contribution is 5.73. The number of rotatable bonds is 5. The van der Waals surface area contributed by atoms with Crippen LogP contribution in [-0.4, -0.2) is 67.6 Å². The van der Waals surface area contributed by atoms with Gasteiger partial charge in [-0.25, -0.2) is 0 Å². The molecular formula is C20H31N3O2. The lowest BCUT2D eigenvalue weighted by Gasteiger charge is -2.39. The average molecular weight is 345 g/mol. The second-order valence-corrected chi connectivity index (χ2v) is 7.29. The van der Waals surface area contributed by atoms with Gasteiger partial charge < -0.3 is 15.0 Å². The maximum absolute atomic E-state index is 11.5. The molecule has 1 aromatic rings. The van der Waals surface area contributed by atoms with Crippen molar-refractivity contribution < 1.29 is 9.53 Å². The summed E-state index contributed by atoms with van der Waals surface area (Å²) in [6.07, 6.45) is 2.45. The van der Waals surface area contributed by atoms with Crippen molar-refractivity contribution in [3.05, 3.63) is 29.8 Å². The lowest BCUT2D eigenvalue weighted by atomic mass is 9.90. The Kier molecular flexibility index (Phi) is 6.32. The van der Waals surface area contributed by atoms with Crippen molar-refractivity contribution in [1.82, 2.24) is 15.1 Å². The number of piperidine rings is 1. The van der Waals surface area contributed by atoms with Gasteiger partial charge in [-0.05, 0) is 56.5 Å². The van der Waals surface area contributed by atoms with Crippen LogP contribution in [0.4, 0.5) is 0 Å². The van der Waals surface area contributed by atoms with Gasteiger partial charge in [-0.15, -0.1) is 0 Å². The number of piperazine rings is 1. The first kappa shape index (κ1) is 18.2. The Morgan fingerprint density at radius 3 is 2.56 bits per heavy atom. The quantitative estimate of drug-likeness (QED) is 0.887. The Hall–Kier alpha value is -1.59. The third-order valence-corrected chi connectivity index (χ3v) is 5.55. The van der Waals surface area contributed by atoms with Gasteiger partial charge in [-0.3, -0.25) is 9.69 Å². The minimum atomic E-state index is 0.177. The molecule has 25 heavy (non-hydrogen) atoms. The smallest absolute Gasteiger partial charge is 0.219 e. The molecular weight excluding hydrogens is 314 g/mol. The average Bonchev–Trinajstić information content (AvgIpc) is 2.64. The van der Waals surface area contributed by atoms with E-state index in [-0.39, 0.29) is 5.91 Å². The van der Waals surface area contributed by atoms with Crippen molar-refractivity contribution in [1.29, 1.82) is 0 Å². The van der Waals surface area contributed by atoms with Gasteiger partial charge in [0, 0.05) is 39.1 Å². The molecule has 5 heteroatoms. The van der Waals surface area contributed by atoms with E-state index < -0.39 is 0 Å². The second kappa shape index (κ2) is 8.68. The third-order valence-electron chi connectivity index (χ3n) is 5.55.